The first kappa shape index (κ1) is 15.4. The molecule has 7 nitrogen and oxygen atoms in total. The molecule has 1 aromatic carbocycles. The van der Waals surface area contributed by atoms with E-state index in [-0.39, 0.29) is 16.8 Å². The fourth-order valence-electron chi connectivity index (χ4n) is 1.45. The van der Waals surface area contributed by atoms with Gasteiger partial charge in [0.15, 0.2) is 6.10 Å². The third-order valence-electron chi connectivity index (χ3n) is 2.40. The number of benzene rings is 1. The molecule has 20 heavy (non-hydrogen) atoms. The number of imide groups is 1. The average Bonchev–Trinajstić information content (AvgIpc) is 2.32. The van der Waals surface area contributed by atoms with Gasteiger partial charge in [-0.25, -0.2) is 14.0 Å². The Kier molecular flexibility index (Phi) is 4.63. The van der Waals surface area contributed by atoms with E-state index in [9.17, 15) is 18.8 Å². The Hall–Kier alpha value is -2.64. The van der Waals surface area contributed by atoms with Crippen LogP contribution in [0.5, 0.6) is 0 Å². The molecule has 1 atom stereocenters. The zero-order valence-electron chi connectivity index (χ0n) is 10.9. The molecule has 0 aliphatic rings. The molecule has 3 amide bonds. The van der Waals surface area contributed by atoms with E-state index in [1.54, 1.807) is 5.32 Å². The molecule has 0 spiro atoms. The Balaban J connectivity index is 2.87. The predicted octanol–water partition coefficient (Wildman–Crippen LogP) is 0.457. The Bertz CT molecular complexity index is 574. The van der Waals surface area contributed by atoms with Gasteiger partial charge in [-0.15, -0.1) is 0 Å². The second-order valence-corrected chi connectivity index (χ2v) is 4.10. The van der Waals surface area contributed by atoms with Crippen molar-refractivity contribution in [1.29, 1.82) is 0 Å². The minimum absolute atomic E-state index is 0.172. The van der Waals surface area contributed by atoms with Crippen LogP contribution in [0.15, 0.2) is 12.1 Å². The molecule has 0 fully saturated rings. The zero-order chi connectivity index (χ0) is 15.4. The number of halogens is 1. The zero-order valence-corrected chi connectivity index (χ0v) is 10.9. The number of primary amides is 1. The number of nitrogens with two attached hydrogens (primary N) is 2. The van der Waals surface area contributed by atoms with Crippen LogP contribution in [-0.4, -0.2) is 24.0 Å². The molecule has 5 N–H and O–H groups in total. The number of amides is 3. The van der Waals surface area contributed by atoms with Crippen molar-refractivity contribution < 1.29 is 23.5 Å². The second-order valence-electron chi connectivity index (χ2n) is 4.10. The number of hydrogen-bond acceptors (Lipinski definition) is 5. The number of anilines is 1. The number of hydrogen-bond donors (Lipinski definition) is 3. The van der Waals surface area contributed by atoms with Gasteiger partial charge in [-0.3, -0.25) is 10.1 Å². The molecule has 0 aliphatic carbocycles. The Labute approximate surface area is 114 Å². The van der Waals surface area contributed by atoms with Crippen LogP contribution < -0.4 is 16.8 Å². The van der Waals surface area contributed by atoms with E-state index in [1.165, 1.54) is 19.9 Å². The van der Waals surface area contributed by atoms with Crippen molar-refractivity contribution in [3.8, 4) is 0 Å². The third-order valence-corrected chi connectivity index (χ3v) is 2.40. The van der Waals surface area contributed by atoms with Gasteiger partial charge in [-0.1, -0.05) is 0 Å². The lowest BCUT2D eigenvalue weighted by Crippen LogP contribution is -2.42. The minimum Gasteiger partial charge on any atom is -0.449 e. The van der Waals surface area contributed by atoms with Crippen LogP contribution in [0.2, 0.25) is 0 Å². The molecular formula is C12H14FN3O4. The van der Waals surface area contributed by atoms with Crippen LogP contribution in [0.4, 0.5) is 14.9 Å². The normalized spacial score (nSPS) is 11.6. The van der Waals surface area contributed by atoms with Gasteiger partial charge in [0.05, 0.1) is 5.56 Å². The van der Waals surface area contributed by atoms with Crippen LogP contribution >= 0.6 is 0 Å². The molecule has 0 aliphatic heterocycles. The highest BCUT2D eigenvalue weighted by molar-refractivity contribution is 5.98. The van der Waals surface area contributed by atoms with E-state index in [2.05, 4.69) is 0 Å². The highest BCUT2D eigenvalue weighted by Crippen LogP contribution is 2.18. The van der Waals surface area contributed by atoms with Crippen molar-refractivity contribution in [3.05, 3.63) is 29.1 Å². The van der Waals surface area contributed by atoms with Crippen LogP contribution in [-0.2, 0) is 9.53 Å². The van der Waals surface area contributed by atoms with Crippen LogP contribution in [0.25, 0.3) is 0 Å². The Morgan fingerprint density at radius 2 is 1.95 bits per heavy atom. The van der Waals surface area contributed by atoms with E-state index < -0.39 is 29.8 Å². The van der Waals surface area contributed by atoms with Crippen molar-refractivity contribution in [2.75, 3.05) is 5.73 Å². The molecule has 1 aromatic rings. The van der Waals surface area contributed by atoms with E-state index >= 15 is 0 Å². The van der Waals surface area contributed by atoms with Crippen LogP contribution in [0.3, 0.4) is 0 Å². The van der Waals surface area contributed by atoms with Crippen molar-refractivity contribution in [3.63, 3.8) is 0 Å². The van der Waals surface area contributed by atoms with Crippen molar-refractivity contribution in [1.82, 2.24) is 5.32 Å². The van der Waals surface area contributed by atoms with E-state index in [0.29, 0.717) is 0 Å². The van der Waals surface area contributed by atoms with Gasteiger partial charge in [-0.05, 0) is 31.5 Å². The number of rotatable bonds is 3. The minimum atomic E-state index is -1.31. The summed E-state index contributed by atoms with van der Waals surface area (Å²) in [5.74, 6) is -2.76. The van der Waals surface area contributed by atoms with E-state index in [0.717, 1.165) is 6.07 Å². The second kappa shape index (κ2) is 6.00. The molecule has 0 aromatic heterocycles. The summed E-state index contributed by atoms with van der Waals surface area (Å²) in [5, 5.41) is 1.74. The number of carbonyl (C=O) groups is 3. The van der Waals surface area contributed by atoms with Gasteiger partial charge < -0.3 is 16.2 Å². The van der Waals surface area contributed by atoms with Gasteiger partial charge in [0.25, 0.3) is 5.91 Å². The molecular weight excluding hydrogens is 269 g/mol. The van der Waals surface area contributed by atoms with Crippen LogP contribution in [0, 0.1) is 12.7 Å². The quantitative estimate of drug-likeness (QED) is 0.549. The first-order chi connectivity index (χ1) is 9.22. The summed E-state index contributed by atoms with van der Waals surface area (Å²) in [5.41, 5.74) is 10.2. The summed E-state index contributed by atoms with van der Waals surface area (Å²) >= 11 is 0. The number of esters is 1. The van der Waals surface area contributed by atoms with Gasteiger partial charge in [0, 0.05) is 5.69 Å². The maximum atomic E-state index is 13.8. The van der Waals surface area contributed by atoms with E-state index in [4.69, 9.17) is 16.2 Å². The number of nitrogens with one attached hydrogen (secondary N) is 1. The van der Waals surface area contributed by atoms with Gasteiger partial charge in [-0.2, -0.15) is 0 Å². The highest BCUT2D eigenvalue weighted by Gasteiger charge is 2.23. The maximum Gasteiger partial charge on any atom is 0.341 e. The van der Waals surface area contributed by atoms with Gasteiger partial charge in [0.2, 0.25) is 0 Å². The molecule has 0 saturated heterocycles. The Morgan fingerprint density at radius 1 is 1.35 bits per heavy atom. The molecule has 1 rings (SSSR count). The lowest BCUT2D eigenvalue weighted by Gasteiger charge is -2.13. The molecule has 1 unspecified atom stereocenters. The highest BCUT2D eigenvalue weighted by atomic mass is 19.1. The topological polar surface area (TPSA) is 125 Å². The largest absolute Gasteiger partial charge is 0.449 e. The molecule has 8 heteroatoms. The molecule has 0 heterocycles. The standard InChI is InChI=1S/C12H14FN3O4/c1-5-3-7(14)4-8(9(5)13)11(18)20-6(2)10(17)16-12(15)19/h3-4,6H,14H2,1-2H3,(H3,15,16,17,19). The molecule has 108 valence electrons. The first-order valence-corrected chi connectivity index (χ1v) is 5.59. The van der Waals surface area contributed by atoms with Crippen molar-refractivity contribution >= 4 is 23.6 Å². The predicted molar refractivity (Wildman–Crippen MR) is 68.2 cm³/mol. The lowest BCUT2D eigenvalue weighted by molar-refractivity contribution is -0.127. The number of nitrogen functional groups attached to an aromatic ring is 1. The monoisotopic (exact) mass is 283 g/mol. The smallest absolute Gasteiger partial charge is 0.341 e. The van der Waals surface area contributed by atoms with Crippen molar-refractivity contribution in [2.45, 2.75) is 20.0 Å². The Morgan fingerprint density at radius 3 is 2.50 bits per heavy atom. The van der Waals surface area contributed by atoms with Gasteiger partial charge in [0.1, 0.15) is 5.82 Å². The number of urea groups is 1. The fourth-order valence-corrected chi connectivity index (χ4v) is 1.45. The summed E-state index contributed by atoms with van der Waals surface area (Å²) in [4.78, 5) is 33.6. The molecule has 0 bridgehead atoms. The summed E-state index contributed by atoms with van der Waals surface area (Å²) < 4.78 is 18.5. The van der Waals surface area contributed by atoms with Gasteiger partial charge >= 0.3 is 12.0 Å². The molecule has 0 radical (unpaired) electrons. The van der Waals surface area contributed by atoms with Crippen LogP contribution in [0.1, 0.15) is 22.8 Å². The summed E-state index contributed by atoms with van der Waals surface area (Å²) in [6.07, 6.45) is -1.31. The SMILES string of the molecule is Cc1cc(N)cc(C(=O)OC(C)C(=O)NC(N)=O)c1F. The summed E-state index contributed by atoms with van der Waals surface area (Å²) in [6.45, 7) is 2.65. The van der Waals surface area contributed by atoms with Crippen molar-refractivity contribution in [2.24, 2.45) is 5.73 Å². The number of aryl methyl sites for hydroxylation is 1. The van der Waals surface area contributed by atoms with E-state index in [1.807, 2.05) is 0 Å². The molecule has 0 saturated carbocycles. The summed E-state index contributed by atoms with van der Waals surface area (Å²) in [7, 11) is 0. The average molecular weight is 283 g/mol. The fraction of sp³-hybridized carbons (Fsp3) is 0.250. The summed E-state index contributed by atoms with van der Waals surface area (Å²) in [6, 6.07) is 1.38. The first-order valence-electron chi connectivity index (χ1n) is 5.59. The maximum absolute atomic E-state index is 13.8. The lowest BCUT2D eigenvalue weighted by atomic mass is 10.1. The number of carbonyl (C=O) groups excluding carboxylic acids is 3. The number of ether oxygens (including phenoxy) is 1. The third kappa shape index (κ3) is 3.67.